The lowest BCUT2D eigenvalue weighted by Crippen LogP contribution is -2.28. The molecule has 0 aliphatic heterocycles. The van der Waals surface area contributed by atoms with Crippen molar-refractivity contribution in [1.82, 2.24) is 4.98 Å². The lowest BCUT2D eigenvalue weighted by Gasteiger charge is -2.34. The van der Waals surface area contributed by atoms with Gasteiger partial charge in [0.05, 0.1) is 5.41 Å². The predicted octanol–water partition coefficient (Wildman–Crippen LogP) is 11.4. The van der Waals surface area contributed by atoms with E-state index in [1.165, 1.54) is 33.4 Å². The molecule has 47 heavy (non-hydrogen) atoms. The van der Waals surface area contributed by atoms with Crippen molar-refractivity contribution in [2.24, 2.45) is 0 Å². The molecule has 1 aliphatic carbocycles. The number of hydrogen-bond donors (Lipinski definition) is 0. The molecule has 3 heteroatoms. The molecular formula is C44H27NO2. The molecule has 2 heterocycles. The zero-order chi connectivity index (χ0) is 31.0. The van der Waals surface area contributed by atoms with Gasteiger partial charge < -0.3 is 8.83 Å². The van der Waals surface area contributed by atoms with E-state index in [9.17, 15) is 0 Å². The Kier molecular flexibility index (Phi) is 5.49. The smallest absolute Gasteiger partial charge is 0.227 e. The van der Waals surface area contributed by atoms with Crippen LogP contribution in [0.1, 0.15) is 22.3 Å². The summed E-state index contributed by atoms with van der Waals surface area (Å²) >= 11 is 0. The first-order valence-electron chi connectivity index (χ1n) is 16.0. The van der Waals surface area contributed by atoms with Crippen LogP contribution >= 0.6 is 0 Å². The van der Waals surface area contributed by atoms with Crippen molar-refractivity contribution < 1.29 is 8.83 Å². The highest BCUT2D eigenvalue weighted by Crippen LogP contribution is 2.56. The minimum Gasteiger partial charge on any atom is -0.456 e. The summed E-state index contributed by atoms with van der Waals surface area (Å²) in [6.45, 7) is 0. The summed E-state index contributed by atoms with van der Waals surface area (Å²) in [7, 11) is 0. The van der Waals surface area contributed by atoms with Gasteiger partial charge in [-0.2, -0.15) is 0 Å². The van der Waals surface area contributed by atoms with Crippen molar-refractivity contribution in [2.45, 2.75) is 5.41 Å². The van der Waals surface area contributed by atoms with Crippen LogP contribution in [-0.2, 0) is 5.41 Å². The normalized spacial score (nSPS) is 13.3. The first kappa shape index (κ1) is 26.1. The van der Waals surface area contributed by atoms with Crippen molar-refractivity contribution in [3.63, 3.8) is 0 Å². The van der Waals surface area contributed by atoms with Crippen molar-refractivity contribution in [3.8, 4) is 33.7 Å². The summed E-state index contributed by atoms with van der Waals surface area (Å²) in [4.78, 5) is 4.90. The number of furan rings is 1. The van der Waals surface area contributed by atoms with E-state index in [4.69, 9.17) is 13.8 Å². The molecule has 0 bridgehead atoms. The van der Waals surface area contributed by atoms with Crippen LogP contribution in [0.25, 0.3) is 66.7 Å². The second kappa shape index (κ2) is 9.90. The van der Waals surface area contributed by atoms with Crippen LogP contribution in [0.15, 0.2) is 173 Å². The SMILES string of the molecule is c1ccc(C2(c3ccccc3)c3ccccc3-c3ccc(-c4cccc(-c5nc6cc7oc8ccccc8c7cc6o5)c4)cc32)cc1. The number of fused-ring (bicyclic) bond motifs is 7. The van der Waals surface area contributed by atoms with Gasteiger partial charge >= 0.3 is 0 Å². The molecule has 0 N–H and O–H groups in total. The average molecular weight is 602 g/mol. The molecular weight excluding hydrogens is 574 g/mol. The highest BCUT2D eigenvalue weighted by atomic mass is 16.4. The molecule has 0 radical (unpaired) electrons. The summed E-state index contributed by atoms with van der Waals surface area (Å²) < 4.78 is 12.5. The van der Waals surface area contributed by atoms with E-state index >= 15 is 0 Å². The summed E-state index contributed by atoms with van der Waals surface area (Å²) in [5, 5.41) is 2.11. The standard InChI is InChI=1S/C44H27NO2/c1-3-14-31(15-4-1)44(32-16-5-2-6-17-32)37-20-9-7-18-33(37)34-23-22-29(25-38(34)44)28-12-11-13-30(24-28)43-45-39-27-41-36(26-42(39)47-43)35-19-8-10-21-40(35)46-41/h1-27H. The molecule has 2 aromatic heterocycles. The Morgan fingerprint density at radius 1 is 0.404 bits per heavy atom. The molecule has 1 aliphatic rings. The van der Waals surface area contributed by atoms with Crippen LogP contribution in [0.2, 0.25) is 0 Å². The fraction of sp³-hybridized carbons (Fsp3) is 0.0227. The zero-order valence-corrected chi connectivity index (χ0v) is 25.4. The molecule has 0 amide bonds. The van der Waals surface area contributed by atoms with E-state index in [0.717, 1.165) is 49.7 Å². The van der Waals surface area contributed by atoms with Crippen LogP contribution in [0.4, 0.5) is 0 Å². The quantitative estimate of drug-likeness (QED) is 0.201. The largest absolute Gasteiger partial charge is 0.456 e. The van der Waals surface area contributed by atoms with Crippen LogP contribution in [0, 0.1) is 0 Å². The molecule has 0 saturated carbocycles. The molecule has 7 aromatic carbocycles. The fourth-order valence-corrected chi connectivity index (χ4v) is 7.73. The summed E-state index contributed by atoms with van der Waals surface area (Å²) in [6.07, 6.45) is 0. The van der Waals surface area contributed by atoms with Crippen LogP contribution < -0.4 is 0 Å². The van der Waals surface area contributed by atoms with Gasteiger partial charge in [0.25, 0.3) is 0 Å². The number of aromatic nitrogens is 1. The molecule has 0 fully saturated rings. The zero-order valence-electron chi connectivity index (χ0n) is 25.4. The lowest BCUT2D eigenvalue weighted by atomic mass is 9.67. The Bertz CT molecular complexity index is 2590. The molecule has 0 atom stereocenters. The topological polar surface area (TPSA) is 39.2 Å². The Labute approximate surface area is 271 Å². The van der Waals surface area contributed by atoms with Gasteiger partial charge in [-0.3, -0.25) is 0 Å². The van der Waals surface area contributed by atoms with E-state index in [0.29, 0.717) is 5.89 Å². The number of rotatable bonds is 4. The predicted molar refractivity (Wildman–Crippen MR) is 189 cm³/mol. The van der Waals surface area contributed by atoms with Gasteiger partial charge in [-0.25, -0.2) is 4.98 Å². The summed E-state index contributed by atoms with van der Waals surface area (Å²) in [6, 6.07) is 58.2. The van der Waals surface area contributed by atoms with Gasteiger partial charge in [0.1, 0.15) is 16.7 Å². The average Bonchev–Trinajstić information content (AvgIpc) is 3.81. The van der Waals surface area contributed by atoms with Crippen molar-refractivity contribution in [3.05, 3.63) is 186 Å². The molecule has 10 rings (SSSR count). The summed E-state index contributed by atoms with van der Waals surface area (Å²) in [5.41, 5.74) is 13.6. The van der Waals surface area contributed by atoms with Gasteiger partial charge in [-0.05, 0) is 74.8 Å². The van der Waals surface area contributed by atoms with Gasteiger partial charge in [0, 0.05) is 22.4 Å². The first-order valence-corrected chi connectivity index (χ1v) is 16.0. The van der Waals surface area contributed by atoms with E-state index in [1.54, 1.807) is 0 Å². The highest BCUT2D eigenvalue weighted by Gasteiger charge is 2.46. The monoisotopic (exact) mass is 601 g/mol. The van der Waals surface area contributed by atoms with Gasteiger partial charge in [0.2, 0.25) is 5.89 Å². The maximum absolute atomic E-state index is 6.38. The molecule has 220 valence electrons. The second-order valence-corrected chi connectivity index (χ2v) is 12.3. The number of para-hydroxylation sites is 1. The number of benzene rings is 7. The van der Waals surface area contributed by atoms with E-state index in [1.807, 2.05) is 30.3 Å². The van der Waals surface area contributed by atoms with Crippen molar-refractivity contribution in [2.75, 3.05) is 0 Å². The maximum Gasteiger partial charge on any atom is 0.227 e. The molecule has 0 saturated heterocycles. The fourth-order valence-electron chi connectivity index (χ4n) is 7.73. The molecule has 9 aromatic rings. The third-order valence-corrected chi connectivity index (χ3v) is 9.79. The van der Waals surface area contributed by atoms with Crippen LogP contribution in [0.5, 0.6) is 0 Å². The van der Waals surface area contributed by atoms with Crippen molar-refractivity contribution >= 4 is 33.0 Å². The minimum atomic E-state index is -0.441. The Morgan fingerprint density at radius 2 is 1.09 bits per heavy atom. The second-order valence-electron chi connectivity index (χ2n) is 12.3. The highest BCUT2D eigenvalue weighted by molar-refractivity contribution is 6.08. The molecule has 0 unspecified atom stereocenters. The minimum absolute atomic E-state index is 0.441. The molecule has 3 nitrogen and oxygen atoms in total. The third kappa shape index (κ3) is 3.77. The first-order chi connectivity index (χ1) is 23.3. The molecule has 0 spiro atoms. The van der Waals surface area contributed by atoms with Gasteiger partial charge in [0.15, 0.2) is 5.58 Å². The van der Waals surface area contributed by atoms with Crippen LogP contribution in [-0.4, -0.2) is 4.98 Å². The Hall–Kier alpha value is -6.19. The lowest BCUT2D eigenvalue weighted by molar-refractivity contribution is 0.620. The van der Waals surface area contributed by atoms with Crippen molar-refractivity contribution in [1.29, 1.82) is 0 Å². The van der Waals surface area contributed by atoms with Crippen LogP contribution in [0.3, 0.4) is 0 Å². The number of nitrogens with zero attached hydrogens (tertiary/aromatic N) is 1. The summed E-state index contributed by atoms with van der Waals surface area (Å²) in [5.74, 6) is 0.593. The van der Waals surface area contributed by atoms with E-state index in [-0.39, 0.29) is 0 Å². The third-order valence-electron chi connectivity index (χ3n) is 9.79. The Morgan fingerprint density at radius 3 is 1.91 bits per heavy atom. The number of oxazole rings is 1. The van der Waals surface area contributed by atoms with E-state index in [2.05, 4.69) is 133 Å². The maximum atomic E-state index is 6.38. The Balaban J connectivity index is 1.13. The van der Waals surface area contributed by atoms with Gasteiger partial charge in [-0.1, -0.05) is 127 Å². The van der Waals surface area contributed by atoms with Gasteiger partial charge in [-0.15, -0.1) is 0 Å². The number of hydrogen-bond acceptors (Lipinski definition) is 3. The van der Waals surface area contributed by atoms with E-state index < -0.39 is 5.41 Å².